The molecule has 0 aliphatic heterocycles. The summed E-state index contributed by atoms with van der Waals surface area (Å²) in [4.78, 5) is 6.13. The van der Waals surface area contributed by atoms with E-state index in [0.29, 0.717) is 17.8 Å². The maximum absolute atomic E-state index is 5.88. The molecule has 1 aromatic heterocycles. The zero-order chi connectivity index (χ0) is 10.7. The molecule has 0 radical (unpaired) electrons. The summed E-state index contributed by atoms with van der Waals surface area (Å²) >= 11 is 0. The summed E-state index contributed by atoms with van der Waals surface area (Å²) in [5.41, 5.74) is 5.88. The minimum atomic E-state index is -0.179. The highest BCUT2D eigenvalue weighted by molar-refractivity contribution is 5.25. The van der Waals surface area contributed by atoms with Crippen LogP contribution < -0.4 is 10.6 Å². The summed E-state index contributed by atoms with van der Waals surface area (Å²) in [7, 11) is 1.91. The van der Waals surface area contributed by atoms with Gasteiger partial charge in [0.15, 0.2) is 0 Å². The molecular formula is C9H18N4O. The maximum atomic E-state index is 5.88. The van der Waals surface area contributed by atoms with Gasteiger partial charge in [0.1, 0.15) is 0 Å². The van der Waals surface area contributed by atoms with Crippen molar-refractivity contribution in [2.45, 2.75) is 26.8 Å². The van der Waals surface area contributed by atoms with Gasteiger partial charge in [-0.2, -0.15) is 4.98 Å². The second-order valence-corrected chi connectivity index (χ2v) is 3.72. The van der Waals surface area contributed by atoms with Crippen molar-refractivity contribution in [3.8, 4) is 0 Å². The third-order valence-corrected chi connectivity index (χ3v) is 2.25. The topological polar surface area (TPSA) is 68.2 Å². The van der Waals surface area contributed by atoms with Crippen LogP contribution in [0.1, 0.15) is 32.7 Å². The molecule has 5 heteroatoms. The first-order valence-corrected chi connectivity index (χ1v) is 4.86. The fourth-order valence-corrected chi connectivity index (χ4v) is 0.944. The SMILES string of the molecule is CCN(C)c1noc([C@H](N)C(C)C)n1. The van der Waals surface area contributed by atoms with Crippen LogP contribution in [0.5, 0.6) is 0 Å². The quantitative estimate of drug-likeness (QED) is 0.786. The van der Waals surface area contributed by atoms with Crippen LogP contribution in [0.15, 0.2) is 4.52 Å². The van der Waals surface area contributed by atoms with E-state index in [2.05, 4.69) is 10.1 Å². The Morgan fingerprint density at radius 2 is 2.14 bits per heavy atom. The molecule has 0 saturated heterocycles. The number of rotatable bonds is 4. The van der Waals surface area contributed by atoms with Crippen LogP contribution in [-0.4, -0.2) is 23.7 Å². The van der Waals surface area contributed by atoms with Gasteiger partial charge < -0.3 is 15.2 Å². The summed E-state index contributed by atoms with van der Waals surface area (Å²) in [6.07, 6.45) is 0. The van der Waals surface area contributed by atoms with E-state index >= 15 is 0 Å². The highest BCUT2D eigenvalue weighted by Crippen LogP contribution is 2.18. The van der Waals surface area contributed by atoms with Gasteiger partial charge in [0.25, 0.3) is 5.95 Å². The van der Waals surface area contributed by atoms with Crippen molar-refractivity contribution in [3.05, 3.63) is 5.89 Å². The monoisotopic (exact) mass is 198 g/mol. The molecule has 0 unspecified atom stereocenters. The molecule has 0 bridgehead atoms. The third kappa shape index (κ3) is 2.23. The predicted octanol–water partition coefficient (Wildman–Crippen LogP) is 1.18. The molecule has 1 aromatic rings. The Labute approximate surface area is 84.3 Å². The number of hydrogen-bond donors (Lipinski definition) is 1. The lowest BCUT2D eigenvalue weighted by Crippen LogP contribution is -2.19. The van der Waals surface area contributed by atoms with E-state index in [9.17, 15) is 0 Å². The maximum Gasteiger partial charge on any atom is 0.265 e. The zero-order valence-corrected chi connectivity index (χ0v) is 9.19. The Kier molecular flexibility index (Phi) is 3.46. The fourth-order valence-electron chi connectivity index (χ4n) is 0.944. The van der Waals surface area contributed by atoms with E-state index in [1.807, 2.05) is 32.7 Å². The Hall–Kier alpha value is -1.10. The predicted molar refractivity (Wildman–Crippen MR) is 55.0 cm³/mol. The van der Waals surface area contributed by atoms with Crippen LogP contribution in [-0.2, 0) is 0 Å². The molecule has 0 saturated carbocycles. The van der Waals surface area contributed by atoms with Crippen LogP contribution >= 0.6 is 0 Å². The van der Waals surface area contributed by atoms with Crippen molar-refractivity contribution >= 4 is 5.95 Å². The third-order valence-electron chi connectivity index (χ3n) is 2.25. The van der Waals surface area contributed by atoms with Gasteiger partial charge in [-0.3, -0.25) is 0 Å². The lowest BCUT2D eigenvalue weighted by atomic mass is 10.1. The summed E-state index contributed by atoms with van der Waals surface area (Å²) < 4.78 is 5.08. The fraction of sp³-hybridized carbons (Fsp3) is 0.778. The van der Waals surface area contributed by atoms with Gasteiger partial charge in [0.05, 0.1) is 6.04 Å². The molecule has 14 heavy (non-hydrogen) atoms. The molecule has 5 nitrogen and oxygen atoms in total. The number of aromatic nitrogens is 2. The van der Waals surface area contributed by atoms with Gasteiger partial charge in [-0.05, 0) is 18.0 Å². The Balaban J connectivity index is 2.77. The van der Waals surface area contributed by atoms with Crippen LogP contribution in [0.25, 0.3) is 0 Å². The van der Waals surface area contributed by atoms with Crippen LogP contribution in [0.4, 0.5) is 5.95 Å². The molecular weight excluding hydrogens is 180 g/mol. The van der Waals surface area contributed by atoms with E-state index in [0.717, 1.165) is 6.54 Å². The van der Waals surface area contributed by atoms with Crippen molar-refractivity contribution in [2.75, 3.05) is 18.5 Å². The van der Waals surface area contributed by atoms with Crippen molar-refractivity contribution < 1.29 is 4.52 Å². The highest BCUT2D eigenvalue weighted by Gasteiger charge is 2.18. The molecule has 0 spiro atoms. The van der Waals surface area contributed by atoms with Crippen molar-refractivity contribution in [1.82, 2.24) is 10.1 Å². The smallest absolute Gasteiger partial charge is 0.265 e. The summed E-state index contributed by atoms with van der Waals surface area (Å²) in [5.74, 6) is 1.41. The van der Waals surface area contributed by atoms with E-state index < -0.39 is 0 Å². The van der Waals surface area contributed by atoms with Crippen LogP contribution in [0, 0.1) is 5.92 Å². The average molecular weight is 198 g/mol. The summed E-state index contributed by atoms with van der Waals surface area (Å²) in [6.45, 7) is 6.92. The lowest BCUT2D eigenvalue weighted by molar-refractivity contribution is 0.324. The molecule has 0 aliphatic carbocycles. The number of anilines is 1. The standard InChI is InChI=1S/C9H18N4O/c1-5-13(4)9-11-8(14-12-9)7(10)6(2)3/h6-7H,5,10H2,1-4H3/t7-/m1/s1. The van der Waals surface area contributed by atoms with Gasteiger partial charge in [-0.1, -0.05) is 13.8 Å². The summed E-state index contributed by atoms with van der Waals surface area (Å²) in [5, 5.41) is 3.85. The Bertz CT molecular complexity index is 284. The van der Waals surface area contributed by atoms with Gasteiger partial charge in [-0.15, -0.1) is 0 Å². The molecule has 1 rings (SSSR count). The van der Waals surface area contributed by atoms with E-state index in [4.69, 9.17) is 10.3 Å². The van der Waals surface area contributed by atoms with E-state index in [-0.39, 0.29) is 6.04 Å². The first-order chi connectivity index (χ1) is 6.56. The highest BCUT2D eigenvalue weighted by atomic mass is 16.5. The first-order valence-electron chi connectivity index (χ1n) is 4.86. The minimum absolute atomic E-state index is 0.179. The Morgan fingerprint density at radius 3 is 2.64 bits per heavy atom. The van der Waals surface area contributed by atoms with Gasteiger partial charge >= 0.3 is 0 Å². The molecule has 1 heterocycles. The molecule has 0 aliphatic rings. The Morgan fingerprint density at radius 1 is 1.50 bits per heavy atom. The zero-order valence-electron chi connectivity index (χ0n) is 9.19. The normalized spacial score (nSPS) is 13.3. The largest absolute Gasteiger partial charge is 0.342 e. The van der Waals surface area contributed by atoms with Crippen molar-refractivity contribution in [2.24, 2.45) is 11.7 Å². The lowest BCUT2D eigenvalue weighted by Gasteiger charge is -2.10. The molecule has 0 aromatic carbocycles. The molecule has 0 amide bonds. The summed E-state index contributed by atoms with van der Waals surface area (Å²) in [6, 6.07) is -0.179. The number of hydrogen-bond acceptors (Lipinski definition) is 5. The second-order valence-electron chi connectivity index (χ2n) is 3.72. The number of nitrogens with two attached hydrogens (primary N) is 1. The number of nitrogens with zero attached hydrogens (tertiary/aromatic N) is 3. The van der Waals surface area contributed by atoms with Crippen molar-refractivity contribution in [3.63, 3.8) is 0 Å². The minimum Gasteiger partial charge on any atom is -0.342 e. The van der Waals surface area contributed by atoms with E-state index in [1.54, 1.807) is 0 Å². The molecule has 1 atom stereocenters. The van der Waals surface area contributed by atoms with Crippen molar-refractivity contribution in [1.29, 1.82) is 0 Å². The molecule has 0 fully saturated rings. The molecule has 80 valence electrons. The van der Waals surface area contributed by atoms with Crippen LogP contribution in [0.3, 0.4) is 0 Å². The molecule has 2 N–H and O–H groups in total. The van der Waals surface area contributed by atoms with E-state index in [1.165, 1.54) is 0 Å². The average Bonchev–Trinajstić information content (AvgIpc) is 2.64. The van der Waals surface area contributed by atoms with Crippen LogP contribution in [0.2, 0.25) is 0 Å². The second kappa shape index (κ2) is 4.41. The van der Waals surface area contributed by atoms with Gasteiger partial charge in [0, 0.05) is 13.6 Å². The van der Waals surface area contributed by atoms with Gasteiger partial charge in [0.2, 0.25) is 5.89 Å². The first kappa shape index (κ1) is 11.0. The van der Waals surface area contributed by atoms with Gasteiger partial charge in [-0.25, -0.2) is 0 Å².